The van der Waals surface area contributed by atoms with Crippen molar-refractivity contribution in [2.75, 3.05) is 7.11 Å². The predicted octanol–water partition coefficient (Wildman–Crippen LogP) is 5.03. The smallest absolute Gasteiger partial charge is 0.326 e. The Hall–Kier alpha value is -3.78. The second-order valence-corrected chi connectivity index (χ2v) is 10.8. The fourth-order valence-electron chi connectivity index (χ4n) is 4.28. The van der Waals surface area contributed by atoms with E-state index >= 15 is 0 Å². The van der Waals surface area contributed by atoms with Crippen LogP contribution in [0.15, 0.2) is 84.9 Å². The van der Waals surface area contributed by atoms with Crippen LogP contribution in [0.4, 0.5) is 0 Å². The van der Waals surface area contributed by atoms with Gasteiger partial charge < -0.3 is 20.5 Å². The molecule has 2 amide bonds. The molecule has 0 aromatic heterocycles. The van der Waals surface area contributed by atoms with E-state index in [4.69, 9.17) is 4.74 Å². The van der Waals surface area contributed by atoms with E-state index in [1.807, 2.05) is 91.9 Å². The summed E-state index contributed by atoms with van der Waals surface area (Å²) >= 11 is 1.53. The highest BCUT2D eigenvalue weighted by Gasteiger charge is 2.29. The lowest BCUT2D eigenvalue weighted by molar-refractivity contribution is -0.142. The van der Waals surface area contributed by atoms with Crippen LogP contribution in [0, 0.1) is 0 Å². The normalized spacial score (nSPS) is 13.1. The van der Waals surface area contributed by atoms with Crippen molar-refractivity contribution in [1.82, 2.24) is 10.6 Å². The van der Waals surface area contributed by atoms with Gasteiger partial charge >= 0.3 is 5.97 Å². The minimum Gasteiger partial charge on any atom is -0.497 e. The fraction of sp³-hybridized carbons (Fsp3) is 0.344. The van der Waals surface area contributed by atoms with Gasteiger partial charge in [0.15, 0.2) is 0 Å². The van der Waals surface area contributed by atoms with E-state index in [1.54, 1.807) is 7.11 Å². The third-order valence-corrected chi connectivity index (χ3v) is 7.90. The van der Waals surface area contributed by atoms with Crippen molar-refractivity contribution >= 4 is 29.5 Å². The first-order valence-electron chi connectivity index (χ1n) is 13.6. The average Bonchev–Trinajstić information content (AvgIpc) is 2.98. The Kier molecular flexibility index (Phi) is 12.6. The molecule has 7 nitrogen and oxygen atoms in total. The standard InChI is InChI=1S/C32H38N2O5S/c1-3-10-29(40-22-25-15-18-26(39-2)19-16-25)31(36)33-27(20-17-23-11-6-4-7-12-23)30(35)34-28(32(37)38)21-24-13-8-5-9-14-24/h4-9,11-16,18-19,27-29H,3,10,17,20-22H2,1-2H3,(H,33,36)(H,34,35)(H,37,38)/t27-,28-,29?/m0/s1. The number of hydrogen-bond acceptors (Lipinski definition) is 5. The van der Waals surface area contributed by atoms with E-state index < -0.39 is 24.0 Å². The summed E-state index contributed by atoms with van der Waals surface area (Å²) in [4.78, 5) is 38.9. The first-order chi connectivity index (χ1) is 19.4. The predicted molar refractivity (Wildman–Crippen MR) is 159 cm³/mol. The molecule has 0 bridgehead atoms. The number of nitrogens with one attached hydrogen (secondary N) is 2. The molecule has 0 aliphatic heterocycles. The molecular weight excluding hydrogens is 524 g/mol. The number of aryl methyl sites for hydroxylation is 1. The lowest BCUT2D eigenvalue weighted by Gasteiger charge is -2.24. The van der Waals surface area contributed by atoms with Gasteiger partial charge in [0.1, 0.15) is 17.8 Å². The van der Waals surface area contributed by atoms with Crippen LogP contribution >= 0.6 is 11.8 Å². The SMILES string of the molecule is CCCC(SCc1ccc(OC)cc1)C(=O)N[C@@H](CCc1ccccc1)C(=O)N[C@@H](Cc1ccccc1)C(=O)O. The zero-order valence-electron chi connectivity index (χ0n) is 23.0. The number of methoxy groups -OCH3 is 1. The molecule has 3 N–H and O–H groups in total. The van der Waals surface area contributed by atoms with Crippen molar-refractivity contribution in [3.63, 3.8) is 0 Å². The molecule has 3 rings (SSSR count). The molecular formula is C32H38N2O5S. The third kappa shape index (κ3) is 10.1. The number of ether oxygens (including phenoxy) is 1. The highest BCUT2D eigenvalue weighted by atomic mass is 32.2. The van der Waals surface area contributed by atoms with Gasteiger partial charge in [0.05, 0.1) is 12.4 Å². The van der Waals surface area contributed by atoms with Gasteiger partial charge in [-0.15, -0.1) is 11.8 Å². The van der Waals surface area contributed by atoms with Gasteiger partial charge in [0.2, 0.25) is 11.8 Å². The zero-order valence-corrected chi connectivity index (χ0v) is 23.9. The van der Waals surface area contributed by atoms with Gasteiger partial charge in [-0.05, 0) is 48.1 Å². The van der Waals surface area contributed by atoms with E-state index in [1.165, 1.54) is 11.8 Å². The van der Waals surface area contributed by atoms with Crippen molar-refractivity contribution in [2.45, 2.75) is 62.1 Å². The number of rotatable bonds is 16. The molecule has 8 heteroatoms. The summed E-state index contributed by atoms with van der Waals surface area (Å²) in [5.41, 5.74) is 2.91. The quantitative estimate of drug-likeness (QED) is 0.226. The van der Waals surface area contributed by atoms with Crippen LogP contribution in [0.1, 0.15) is 42.9 Å². The maximum Gasteiger partial charge on any atom is 0.326 e. The molecule has 0 radical (unpaired) electrons. The molecule has 40 heavy (non-hydrogen) atoms. The number of thioether (sulfide) groups is 1. The summed E-state index contributed by atoms with van der Waals surface area (Å²) in [6.45, 7) is 2.02. The van der Waals surface area contributed by atoms with Gasteiger partial charge in [-0.3, -0.25) is 9.59 Å². The third-order valence-electron chi connectivity index (χ3n) is 6.55. The number of amides is 2. The Morgan fingerprint density at radius 1 is 0.775 bits per heavy atom. The second-order valence-electron chi connectivity index (χ2n) is 9.61. The summed E-state index contributed by atoms with van der Waals surface area (Å²) in [5.74, 6) is -0.423. The number of carboxylic acids is 1. The van der Waals surface area contributed by atoms with Crippen LogP contribution in [-0.4, -0.2) is 47.3 Å². The van der Waals surface area contributed by atoms with Crippen LogP contribution in [0.3, 0.4) is 0 Å². The minimum atomic E-state index is -1.12. The van der Waals surface area contributed by atoms with Gasteiger partial charge in [-0.2, -0.15) is 0 Å². The first kappa shape index (κ1) is 30.8. The molecule has 0 aliphatic rings. The van der Waals surface area contributed by atoms with E-state index in [2.05, 4.69) is 10.6 Å². The van der Waals surface area contributed by atoms with E-state index in [-0.39, 0.29) is 17.6 Å². The maximum absolute atomic E-state index is 13.4. The summed E-state index contributed by atoms with van der Waals surface area (Å²) in [6.07, 6.45) is 2.53. The number of benzene rings is 3. The lowest BCUT2D eigenvalue weighted by atomic mass is 10.0. The Morgan fingerprint density at radius 3 is 1.95 bits per heavy atom. The number of carbonyl (C=O) groups excluding carboxylic acids is 2. The second kappa shape index (κ2) is 16.4. The van der Waals surface area contributed by atoms with Crippen molar-refractivity contribution in [3.8, 4) is 5.75 Å². The van der Waals surface area contributed by atoms with E-state index in [0.717, 1.165) is 28.9 Å². The summed E-state index contributed by atoms with van der Waals surface area (Å²) in [6, 6.07) is 24.6. The Morgan fingerprint density at radius 2 is 1.38 bits per heavy atom. The molecule has 0 aliphatic carbocycles. The molecule has 0 saturated heterocycles. The zero-order chi connectivity index (χ0) is 28.7. The maximum atomic E-state index is 13.4. The summed E-state index contributed by atoms with van der Waals surface area (Å²) in [7, 11) is 1.62. The van der Waals surface area contributed by atoms with Gasteiger partial charge in [-0.1, -0.05) is 86.1 Å². The molecule has 0 heterocycles. The van der Waals surface area contributed by atoms with Crippen LogP contribution in [0.25, 0.3) is 0 Å². The highest BCUT2D eigenvalue weighted by molar-refractivity contribution is 7.99. The topological polar surface area (TPSA) is 105 Å². The van der Waals surface area contributed by atoms with Crippen molar-refractivity contribution in [2.24, 2.45) is 0 Å². The van der Waals surface area contributed by atoms with Crippen molar-refractivity contribution < 1.29 is 24.2 Å². The van der Waals surface area contributed by atoms with Crippen LogP contribution in [-0.2, 0) is 33.0 Å². The van der Waals surface area contributed by atoms with Crippen molar-refractivity contribution in [1.29, 1.82) is 0 Å². The number of hydrogen-bond donors (Lipinski definition) is 3. The highest BCUT2D eigenvalue weighted by Crippen LogP contribution is 2.24. The van der Waals surface area contributed by atoms with Crippen LogP contribution in [0.2, 0.25) is 0 Å². The largest absolute Gasteiger partial charge is 0.497 e. The van der Waals surface area contributed by atoms with Gasteiger partial charge in [0, 0.05) is 12.2 Å². The summed E-state index contributed by atoms with van der Waals surface area (Å²) in [5, 5.41) is 15.1. The van der Waals surface area contributed by atoms with Gasteiger partial charge in [-0.25, -0.2) is 4.79 Å². The van der Waals surface area contributed by atoms with Crippen molar-refractivity contribution in [3.05, 3.63) is 102 Å². The molecule has 3 atom stereocenters. The molecule has 0 saturated carbocycles. The Balaban J connectivity index is 1.71. The van der Waals surface area contributed by atoms with Crippen LogP contribution in [0.5, 0.6) is 5.75 Å². The van der Waals surface area contributed by atoms with E-state index in [9.17, 15) is 19.5 Å². The minimum absolute atomic E-state index is 0.150. The molecule has 1 unspecified atom stereocenters. The van der Waals surface area contributed by atoms with Crippen LogP contribution < -0.4 is 15.4 Å². The average molecular weight is 563 g/mol. The Labute approximate surface area is 240 Å². The fourth-order valence-corrected chi connectivity index (χ4v) is 5.49. The molecule has 212 valence electrons. The first-order valence-corrected chi connectivity index (χ1v) is 14.6. The summed E-state index contributed by atoms with van der Waals surface area (Å²) < 4.78 is 5.22. The lowest BCUT2D eigenvalue weighted by Crippen LogP contribution is -2.53. The number of carbonyl (C=O) groups is 3. The van der Waals surface area contributed by atoms with Gasteiger partial charge in [0.25, 0.3) is 0 Å². The molecule has 3 aromatic rings. The number of aliphatic carboxylic acids is 1. The number of carboxylic acid groups (broad SMARTS) is 1. The molecule has 0 spiro atoms. The molecule has 0 fully saturated rings. The monoisotopic (exact) mass is 562 g/mol. The van der Waals surface area contributed by atoms with E-state index in [0.29, 0.717) is 25.0 Å². The Bertz CT molecular complexity index is 1200. The molecule has 3 aromatic carbocycles.